The molecule has 1 heterocycles. The first-order valence-electron chi connectivity index (χ1n) is 6.80. The van der Waals surface area contributed by atoms with E-state index in [4.69, 9.17) is 16.3 Å². The summed E-state index contributed by atoms with van der Waals surface area (Å²) in [6, 6.07) is 4.09. The lowest BCUT2D eigenvalue weighted by molar-refractivity contribution is 0.360. The summed E-state index contributed by atoms with van der Waals surface area (Å²) in [5.41, 5.74) is 2.49. The van der Waals surface area contributed by atoms with Crippen molar-refractivity contribution in [3.05, 3.63) is 28.3 Å². The summed E-state index contributed by atoms with van der Waals surface area (Å²) in [4.78, 5) is 0. The first kappa shape index (κ1) is 13.7. The zero-order chi connectivity index (χ0) is 13.0. The number of halogens is 1. The smallest absolute Gasteiger partial charge is 0.125 e. The fraction of sp³-hybridized carbons (Fsp3) is 0.600. The number of ether oxygens (including phenoxy) is 1. The highest BCUT2D eigenvalue weighted by Crippen LogP contribution is 2.32. The lowest BCUT2D eigenvalue weighted by Crippen LogP contribution is -2.28. The molecule has 1 aromatic rings. The molecule has 1 aliphatic heterocycles. The van der Waals surface area contributed by atoms with Gasteiger partial charge in [0, 0.05) is 5.02 Å². The molecule has 100 valence electrons. The molecule has 0 amide bonds. The molecule has 1 saturated heterocycles. The van der Waals surface area contributed by atoms with Gasteiger partial charge in [0.05, 0.1) is 7.11 Å². The first-order valence-corrected chi connectivity index (χ1v) is 7.18. The van der Waals surface area contributed by atoms with Gasteiger partial charge < -0.3 is 10.1 Å². The molecular formula is C15H22ClNO. The molecule has 1 N–H and O–H groups in total. The molecule has 0 aliphatic carbocycles. The molecule has 1 aromatic carbocycles. The number of nitrogens with one attached hydrogen (secondary N) is 1. The molecule has 0 radical (unpaired) electrons. The highest BCUT2D eigenvalue weighted by Gasteiger charge is 2.17. The molecule has 2 rings (SSSR count). The van der Waals surface area contributed by atoms with E-state index in [1.807, 2.05) is 6.07 Å². The average molecular weight is 268 g/mol. The van der Waals surface area contributed by atoms with Crippen molar-refractivity contribution < 1.29 is 4.74 Å². The van der Waals surface area contributed by atoms with Crippen LogP contribution >= 0.6 is 11.6 Å². The Bertz CT molecular complexity index is 400. The van der Waals surface area contributed by atoms with Crippen LogP contribution in [0.2, 0.25) is 5.02 Å². The van der Waals surface area contributed by atoms with E-state index in [2.05, 4.69) is 18.3 Å². The maximum atomic E-state index is 6.21. The molecule has 3 heteroatoms. The number of benzene rings is 1. The van der Waals surface area contributed by atoms with Gasteiger partial charge in [0.2, 0.25) is 0 Å². The Morgan fingerprint density at radius 1 is 1.28 bits per heavy atom. The van der Waals surface area contributed by atoms with Crippen molar-refractivity contribution in [3.8, 4) is 5.75 Å². The van der Waals surface area contributed by atoms with Crippen molar-refractivity contribution in [1.82, 2.24) is 5.32 Å². The van der Waals surface area contributed by atoms with Gasteiger partial charge in [0.15, 0.2) is 0 Å². The van der Waals surface area contributed by atoms with Gasteiger partial charge in [-0.3, -0.25) is 0 Å². The molecule has 0 unspecified atom stereocenters. The van der Waals surface area contributed by atoms with Gasteiger partial charge in [0.1, 0.15) is 5.75 Å². The Kier molecular flexibility index (Phi) is 4.90. The molecule has 2 nitrogen and oxygen atoms in total. The Balaban J connectivity index is 2.21. The molecule has 1 fully saturated rings. The lowest BCUT2D eigenvalue weighted by atomic mass is 9.89. The van der Waals surface area contributed by atoms with Crippen LogP contribution < -0.4 is 10.1 Å². The van der Waals surface area contributed by atoms with E-state index >= 15 is 0 Å². The molecule has 0 saturated carbocycles. The van der Waals surface area contributed by atoms with E-state index in [1.165, 1.54) is 24.0 Å². The fourth-order valence-electron chi connectivity index (χ4n) is 2.79. The molecule has 0 aromatic heterocycles. The predicted octanol–water partition coefficient (Wildman–Crippen LogP) is 3.45. The van der Waals surface area contributed by atoms with Gasteiger partial charge in [-0.25, -0.2) is 0 Å². The van der Waals surface area contributed by atoms with E-state index in [1.54, 1.807) is 7.11 Å². The monoisotopic (exact) mass is 267 g/mol. The fourth-order valence-corrected chi connectivity index (χ4v) is 3.05. The summed E-state index contributed by atoms with van der Waals surface area (Å²) in [5.74, 6) is 1.80. The summed E-state index contributed by atoms with van der Waals surface area (Å²) in [5, 5.41) is 4.24. The van der Waals surface area contributed by atoms with E-state index in [0.29, 0.717) is 0 Å². The number of aryl methyl sites for hydroxylation is 1. The summed E-state index contributed by atoms with van der Waals surface area (Å²) in [6.45, 7) is 4.41. The van der Waals surface area contributed by atoms with Gasteiger partial charge in [-0.1, -0.05) is 18.5 Å². The number of methoxy groups -OCH3 is 1. The molecule has 0 spiro atoms. The third kappa shape index (κ3) is 3.18. The van der Waals surface area contributed by atoms with Crippen LogP contribution in [-0.4, -0.2) is 20.2 Å². The predicted molar refractivity (Wildman–Crippen MR) is 76.7 cm³/mol. The molecular weight excluding hydrogens is 246 g/mol. The van der Waals surface area contributed by atoms with Crippen LogP contribution in [0.15, 0.2) is 12.1 Å². The maximum Gasteiger partial charge on any atom is 0.125 e. The van der Waals surface area contributed by atoms with Gasteiger partial charge in [0.25, 0.3) is 0 Å². The minimum absolute atomic E-state index is 0.753. The SMILES string of the molecule is CCc1cc(Cl)cc(CC2CCNCC2)c1OC. The summed E-state index contributed by atoms with van der Waals surface area (Å²) in [6.07, 6.45) is 4.54. The van der Waals surface area contributed by atoms with E-state index < -0.39 is 0 Å². The third-order valence-corrected chi connectivity index (χ3v) is 3.98. The second kappa shape index (κ2) is 6.44. The minimum atomic E-state index is 0.753. The van der Waals surface area contributed by atoms with Crippen LogP contribution in [0.3, 0.4) is 0 Å². The summed E-state index contributed by atoms with van der Waals surface area (Å²) >= 11 is 6.21. The normalized spacial score (nSPS) is 16.8. The van der Waals surface area contributed by atoms with Crippen LogP contribution in [0.5, 0.6) is 5.75 Å². The zero-order valence-corrected chi connectivity index (χ0v) is 12.0. The van der Waals surface area contributed by atoms with E-state index in [9.17, 15) is 0 Å². The van der Waals surface area contributed by atoms with Crippen LogP contribution in [0, 0.1) is 5.92 Å². The number of hydrogen-bond acceptors (Lipinski definition) is 2. The van der Waals surface area contributed by atoms with Crippen molar-refractivity contribution in [1.29, 1.82) is 0 Å². The van der Waals surface area contributed by atoms with Gasteiger partial charge >= 0.3 is 0 Å². The van der Waals surface area contributed by atoms with Crippen LogP contribution in [0.4, 0.5) is 0 Å². The number of piperidine rings is 1. The maximum absolute atomic E-state index is 6.21. The quantitative estimate of drug-likeness (QED) is 0.902. The Morgan fingerprint density at radius 2 is 1.94 bits per heavy atom. The topological polar surface area (TPSA) is 21.3 Å². The van der Waals surface area contributed by atoms with Crippen LogP contribution in [0.25, 0.3) is 0 Å². The minimum Gasteiger partial charge on any atom is -0.496 e. The standard InChI is InChI=1S/C15H22ClNO/c1-3-12-9-14(16)10-13(15(12)18-2)8-11-4-6-17-7-5-11/h9-11,17H,3-8H2,1-2H3. The van der Waals surface area contributed by atoms with Crippen molar-refractivity contribution in [3.63, 3.8) is 0 Å². The van der Waals surface area contributed by atoms with Gasteiger partial charge in [-0.05, 0) is 68.0 Å². The van der Waals surface area contributed by atoms with Gasteiger partial charge in [-0.15, -0.1) is 0 Å². The first-order chi connectivity index (χ1) is 8.74. The third-order valence-electron chi connectivity index (χ3n) is 3.76. The molecule has 0 bridgehead atoms. The van der Waals surface area contributed by atoms with E-state index in [-0.39, 0.29) is 0 Å². The van der Waals surface area contributed by atoms with Crippen molar-refractivity contribution >= 4 is 11.6 Å². The summed E-state index contributed by atoms with van der Waals surface area (Å²) < 4.78 is 5.59. The molecule has 1 aliphatic rings. The largest absolute Gasteiger partial charge is 0.496 e. The van der Waals surface area contributed by atoms with Crippen LogP contribution in [0.1, 0.15) is 30.9 Å². The number of hydrogen-bond donors (Lipinski definition) is 1. The van der Waals surface area contributed by atoms with Gasteiger partial charge in [-0.2, -0.15) is 0 Å². The average Bonchev–Trinajstić information content (AvgIpc) is 2.39. The van der Waals surface area contributed by atoms with Crippen molar-refractivity contribution in [2.75, 3.05) is 20.2 Å². The highest BCUT2D eigenvalue weighted by molar-refractivity contribution is 6.30. The zero-order valence-electron chi connectivity index (χ0n) is 11.3. The molecule has 0 atom stereocenters. The lowest BCUT2D eigenvalue weighted by Gasteiger charge is -2.24. The van der Waals surface area contributed by atoms with Crippen molar-refractivity contribution in [2.24, 2.45) is 5.92 Å². The van der Waals surface area contributed by atoms with E-state index in [0.717, 1.165) is 42.6 Å². The Morgan fingerprint density at radius 3 is 2.56 bits per heavy atom. The highest BCUT2D eigenvalue weighted by atomic mass is 35.5. The number of rotatable bonds is 4. The second-order valence-corrected chi connectivity index (χ2v) is 5.44. The second-order valence-electron chi connectivity index (χ2n) is 5.01. The Hall–Kier alpha value is -0.730. The summed E-state index contributed by atoms with van der Waals surface area (Å²) in [7, 11) is 1.76. The Labute approximate surface area is 115 Å². The van der Waals surface area contributed by atoms with Crippen molar-refractivity contribution in [2.45, 2.75) is 32.6 Å². The molecule has 18 heavy (non-hydrogen) atoms. The van der Waals surface area contributed by atoms with Crippen LogP contribution in [-0.2, 0) is 12.8 Å².